The second-order valence-electron chi connectivity index (χ2n) is 4.82. The molecule has 24 heavy (non-hydrogen) atoms. The van der Waals surface area contributed by atoms with Gasteiger partial charge >= 0.3 is 0 Å². The lowest BCUT2D eigenvalue weighted by Gasteiger charge is -2.09. The lowest BCUT2D eigenvalue weighted by molar-refractivity contribution is 0.460. The van der Waals surface area contributed by atoms with Crippen LogP contribution < -0.4 is 33.2 Å². The summed E-state index contributed by atoms with van der Waals surface area (Å²) in [5.74, 6) is 2.83. The molecule has 0 aliphatic carbocycles. The quantitative estimate of drug-likeness (QED) is 0.509. The van der Waals surface area contributed by atoms with E-state index >= 15 is 0 Å². The van der Waals surface area contributed by atoms with Crippen molar-refractivity contribution in [2.45, 2.75) is 0 Å². The summed E-state index contributed by atoms with van der Waals surface area (Å²) in [7, 11) is 0. The van der Waals surface area contributed by atoms with Gasteiger partial charge in [0.15, 0.2) is 0 Å². The minimum atomic E-state index is 0. The molecule has 0 bridgehead atoms. The highest BCUT2D eigenvalue weighted by atomic mass is 16.5. The van der Waals surface area contributed by atoms with Gasteiger partial charge in [-0.3, -0.25) is 0 Å². The number of ether oxygens (including phenoxy) is 2. The van der Waals surface area contributed by atoms with E-state index in [4.69, 9.17) is 20.9 Å². The average Bonchev–Trinajstić information content (AvgIpc) is 2.52. The minimum absolute atomic E-state index is 0. The van der Waals surface area contributed by atoms with Crippen molar-refractivity contribution in [2.75, 3.05) is 11.5 Å². The first kappa shape index (κ1) is 18.8. The molecule has 0 atom stereocenters. The van der Waals surface area contributed by atoms with Gasteiger partial charge in [-0.15, -0.1) is 0 Å². The van der Waals surface area contributed by atoms with Gasteiger partial charge in [-0.1, -0.05) is 6.07 Å². The Morgan fingerprint density at radius 3 is 1.25 bits per heavy atom. The van der Waals surface area contributed by atoms with Crippen LogP contribution >= 0.6 is 0 Å². The molecule has 3 aromatic rings. The van der Waals surface area contributed by atoms with E-state index in [0.29, 0.717) is 22.9 Å². The Labute approximate surface area is 141 Å². The molecule has 10 N–H and O–H groups in total. The van der Waals surface area contributed by atoms with Gasteiger partial charge in [0.05, 0.1) is 0 Å². The van der Waals surface area contributed by atoms with Gasteiger partial charge in [-0.2, -0.15) is 0 Å². The molecule has 6 heteroatoms. The maximum absolute atomic E-state index is 5.78. The van der Waals surface area contributed by atoms with Crippen LogP contribution in [0.5, 0.6) is 23.0 Å². The first-order chi connectivity index (χ1) is 10.7. The molecule has 3 aromatic carbocycles. The Morgan fingerprint density at radius 1 is 0.500 bits per heavy atom. The molecule has 0 heterocycles. The van der Waals surface area contributed by atoms with Gasteiger partial charge in [0.1, 0.15) is 23.0 Å². The van der Waals surface area contributed by atoms with Crippen LogP contribution in [0.25, 0.3) is 0 Å². The Kier molecular flexibility index (Phi) is 6.61. The van der Waals surface area contributed by atoms with Crippen LogP contribution in [0, 0.1) is 0 Å². The normalized spacial score (nSPS) is 9.33. The van der Waals surface area contributed by atoms with Gasteiger partial charge in [-0.05, 0) is 60.7 Å². The molecule has 0 aliphatic heterocycles. The predicted molar refractivity (Wildman–Crippen MR) is 98.3 cm³/mol. The van der Waals surface area contributed by atoms with E-state index in [1.165, 1.54) is 0 Å². The van der Waals surface area contributed by atoms with Gasteiger partial charge in [0.2, 0.25) is 0 Å². The van der Waals surface area contributed by atoms with Crippen LogP contribution in [-0.2, 0) is 0 Å². The van der Waals surface area contributed by atoms with Crippen molar-refractivity contribution in [3.63, 3.8) is 0 Å². The van der Waals surface area contributed by atoms with Gasteiger partial charge in [0, 0.05) is 17.4 Å². The highest BCUT2D eigenvalue weighted by molar-refractivity contribution is 5.45. The highest BCUT2D eigenvalue weighted by Crippen LogP contribution is 2.28. The zero-order valence-corrected chi connectivity index (χ0v) is 13.3. The lowest BCUT2D eigenvalue weighted by atomic mass is 10.3. The summed E-state index contributed by atoms with van der Waals surface area (Å²) in [5, 5.41) is 0. The molecule has 126 valence electrons. The number of anilines is 2. The van der Waals surface area contributed by atoms with E-state index < -0.39 is 0 Å². The third-order valence-corrected chi connectivity index (χ3v) is 3.04. The van der Waals surface area contributed by atoms with Crippen LogP contribution in [0.15, 0.2) is 72.8 Å². The fourth-order valence-corrected chi connectivity index (χ4v) is 1.95. The Bertz CT molecular complexity index is 696. The molecule has 6 nitrogen and oxygen atoms in total. The molecule has 0 spiro atoms. The summed E-state index contributed by atoms with van der Waals surface area (Å²) in [5.41, 5.74) is 12.7. The molecular formula is C18H22N4O2. The topological polar surface area (TPSA) is 140 Å². The molecule has 0 aliphatic rings. The van der Waals surface area contributed by atoms with Gasteiger partial charge in [0.25, 0.3) is 0 Å². The minimum Gasteiger partial charge on any atom is -0.457 e. The van der Waals surface area contributed by atoms with Crippen LogP contribution in [0.3, 0.4) is 0 Å². The standard InChI is InChI=1S/C18H16N2O2.2H3N/c19-13-4-8-15(9-5-13)21-17-2-1-3-18(12-17)22-16-10-6-14(20)7-11-16;;/h1-12H,19-20H2;2*1H3. The van der Waals surface area contributed by atoms with E-state index in [1.54, 1.807) is 24.3 Å². The summed E-state index contributed by atoms with van der Waals surface area (Å²) < 4.78 is 11.6. The third kappa shape index (κ3) is 4.91. The number of hydrogen-bond donors (Lipinski definition) is 4. The fourth-order valence-electron chi connectivity index (χ4n) is 1.95. The molecule has 0 fully saturated rings. The summed E-state index contributed by atoms with van der Waals surface area (Å²) in [6, 6.07) is 21.9. The third-order valence-electron chi connectivity index (χ3n) is 3.04. The van der Waals surface area contributed by atoms with Crippen molar-refractivity contribution in [3.05, 3.63) is 72.8 Å². The highest BCUT2D eigenvalue weighted by Gasteiger charge is 2.02. The molecule has 0 amide bonds. The molecule has 0 radical (unpaired) electrons. The maximum atomic E-state index is 5.78. The van der Waals surface area contributed by atoms with E-state index in [-0.39, 0.29) is 12.3 Å². The number of hydrogen-bond acceptors (Lipinski definition) is 6. The molecule has 0 unspecified atom stereocenters. The van der Waals surface area contributed by atoms with Crippen molar-refractivity contribution in [1.29, 1.82) is 0 Å². The van der Waals surface area contributed by atoms with Gasteiger partial charge in [-0.25, -0.2) is 0 Å². The summed E-state index contributed by atoms with van der Waals surface area (Å²) in [6.07, 6.45) is 0. The van der Waals surface area contributed by atoms with Crippen molar-refractivity contribution in [3.8, 4) is 23.0 Å². The van der Waals surface area contributed by atoms with E-state index in [2.05, 4.69) is 0 Å². The van der Waals surface area contributed by atoms with Gasteiger partial charge < -0.3 is 33.2 Å². The zero-order valence-electron chi connectivity index (χ0n) is 13.3. The van der Waals surface area contributed by atoms with E-state index in [0.717, 1.165) is 11.5 Å². The van der Waals surface area contributed by atoms with Crippen LogP contribution in [0.1, 0.15) is 0 Å². The van der Waals surface area contributed by atoms with Crippen LogP contribution in [0.4, 0.5) is 11.4 Å². The van der Waals surface area contributed by atoms with Crippen LogP contribution in [-0.4, -0.2) is 0 Å². The van der Waals surface area contributed by atoms with Crippen LogP contribution in [0.2, 0.25) is 0 Å². The van der Waals surface area contributed by atoms with E-state index in [9.17, 15) is 0 Å². The van der Waals surface area contributed by atoms with E-state index in [1.807, 2.05) is 48.5 Å². The number of nitrogens with two attached hydrogens (primary N) is 2. The molecule has 0 saturated heterocycles. The molecular weight excluding hydrogens is 304 g/mol. The summed E-state index contributed by atoms with van der Waals surface area (Å²) >= 11 is 0. The first-order valence-corrected chi connectivity index (χ1v) is 6.86. The molecule has 0 saturated carbocycles. The lowest BCUT2D eigenvalue weighted by Crippen LogP contribution is -1.89. The second-order valence-corrected chi connectivity index (χ2v) is 4.82. The number of benzene rings is 3. The largest absolute Gasteiger partial charge is 0.457 e. The maximum Gasteiger partial charge on any atom is 0.131 e. The first-order valence-electron chi connectivity index (χ1n) is 6.86. The number of rotatable bonds is 4. The van der Waals surface area contributed by atoms with Crippen molar-refractivity contribution in [2.24, 2.45) is 0 Å². The Balaban J connectivity index is 0.00000144. The summed E-state index contributed by atoms with van der Waals surface area (Å²) in [4.78, 5) is 0. The summed E-state index contributed by atoms with van der Waals surface area (Å²) in [6.45, 7) is 0. The monoisotopic (exact) mass is 326 g/mol. The average molecular weight is 326 g/mol. The molecule has 0 aromatic heterocycles. The van der Waals surface area contributed by atoms with Crippen molar-refractivity contribution >= 4 is 11.4 Å². The predicted octanol–water partition coefficient (Wildman–Crippen LogP) is 4.76. The SMILES string of the molecule is N.N.Nc1ccc(Oc2cccc(Oc3ccc(N)cc3)c2)cc1. The van der Waals surface area contributed by atoms with Crippen molar-refractivity contribution < 1.29 is 9.47 Å². The van der Waals surface area contributed by atoms with Crippen molar-refractivity contribution in [1.82, 2.24) is 12.3 Å². The Morgan fingerprint density at radius 2 is 0.875 bits per heavy atom. The second kappa shape index (κ2) is 8.42. The molecule has 3 rings (SSSR count). The smallest absolute Gasteiger partial charge is 0.131 e. The fraction of sp³-hybridized carbons (Fsp3) is 0. The Hall–Kier alpha value is -3.22. The zero-order chi connectivity index (χ0) is 15.4. The number of nitrogen functional groups attached to an aromatic ring is 2.